The van der Waals surface area contributed by atoms with Crippen molar-refractivity contribution in [2.45, 2.75) is 32.1 Å². The van der Waals surface area contributed by atoms with Crippen LogP contribution >= 0.6 is 7.82 Å². The first-order valence-corrected chi connectivity index (χ1v) is 12.5. The van der Waals surface area contributed by atoms with E-state index in [0.29, 0.717) is 5.56 Å². The number of anilines is 1. The zero-order valence-electron chi connectivity index (χ0n) is 30.1. The number of hydrogen-bond donors (Lipinski definition) is 0. The second-order valence-electron chi connectivity index (χ2n) is 8.08. The van der Waals surface area contributed by atoms with Crippen molar-refractivity contribution < 1.29 is 59.3 Å². The summed E-state index contributed by atoms with van der Waals surface area (Å²) in [4.78, 5) is 48.2. The monoisotopic (exact) mass is 585 g/mol. The number of carbonyl (C=O) groups excluding carboxylic acids is 1. The van der Waals surface area contributed by atoms with E-state index in [0.717, 1.165) is 0 Å². The second kappa shape index (κ2) is 11.3. The zero-order chi connectivity index (χ0) is 36.9. The number of pyridine rings is 1. The van der Waals surface area contributed by atoms with Gasteiger partial charge in [-0.3, -0.25) is 9.69 Å². The molecule has 214 valence electrons. The highest BCUT2D eigenvalue weighted by molar-refractivity contribution is 7.43. The fourth-order valence-electron chi connectivity index (χ4n) is 3.64. The third kappa shape index (κ3) is 6.31. The SMILES string of the molecule is [2H]c1nc(Cc2cc(OC)c(OC)c(OC)c2)nc(Cc2nc3c(c([2H])c2[2H])OC(C([2H])([2H])[2H])(C([2H])([2H])[2H])C(=O)N3COP(=O)([O-])[O-])c1F. The smallest absolute Gasteiger partial charge is 0.273 e. The lowest BCUT2D eigenvalue weighted by molar-refractivity contribution is -0.341. The molecular formula is C25H26FN4O9P-2. The largest absolute Gasteiger partial charge is 0.790 e. The molecule has 4 rings (SSSR count). The molecule has 3 aromatic rings. The maximum Gasteiger partial charge on any atom is 0.273 e. The predicted octanol–water partition coefficient (Wildman–Crippen LogP) is 1.52. The summed E-state index contributed by atoms with van der Waals surface area (Å²) >= 11 is 0. The highest BCUT2D eigenvalue weighted by Crippen LogP contribution is 2.39. The number of phosphoric acid groups is 1. The lowest BCUT2D eigenvalue weighted by Gasteiger charge is -2.39. The summed E-state index contributed by atoms with van der Waals surface area (Å²) in [5, 5.41) is 0. The van der Waals surface area contributed by atoms with Gasteiger partial charge in [-0.25, -0.2) is 19.3 Å². The van der Waals surface area contributed by atoms with E-state index in [1.165, 1.54) is 21.3 Å². The first-order valence-electron chi connectivity index (χ1n) is 15.6. The molecule has 40 heavy (non-hydrogen) atoms. The molecule has 0 unspecified atom stereocenters. The Bertz CT molecular complexity index is 1800. The number of fused-ring (bicyclic) bond motifs is 1. The molecule has 0 aliphatic carbocycles. The third-order valence-corrected chi connectivity index (χ3v) is 5.82. The molecule has 0 radical (unpaired) electrons. The summed E-state index contributed by atoms with van der Waals surface area (Å²) in [6, 6.07) is 1.21. The van der Waals surface area contributed by atoms with Crippen LogP contribution in [-0.2, 0) is 26.7 Å². The van der Waals surface area contributed by atoms with Gasteiger partial charge in [-0.05, 0) is 43.5 Å². The molecule has 0 atom stereocenters. The Morgan fingerprint density at radius 3 is 2.42 bits per heavy atom. The number of aromatic nitrogens is 3. The second-order valence-corrected chi connectivity index (χ2v) is 9.24. The molecule has 0 N–H and O–H groups in total. The van der Waals surface area contributed by atoms with E-state index in [2.05, 4.69) is 19.5 Å². The summed E-state index contributed by atoms with van der Waals surface area (Å²) in [7, 11) is -1.71. The van der Waals surface area contributed by atoms with Crippen molar-refractivity contribution in [3.63, 3.8) is 0 Å². The molecule has 1 amide bonds. The molecule has 1 aliphatic heterocycles. The standard InChI is InChI=1S/C25H28FN4O9P/c1-25(2)24(31)30(13-38-40(32,33)34)23-18(39-25)7-6-15(28-23)11-17-16(26)12-27-21(29-17)10-14-8-19(35-3)22(37-5)20(9-14)36-4/h6-9,12H,10-11,13H2,1-5H3,(H2,32,33,34)/p-2/i1D3,2D3,6D,7D,12D. The highest BCUT2D eigenvalue weighted by atomic mass is 31.2. The fourth-order valence-corrected chi connectivity index (χ4v) is 3.90. The predicted molar refractivity (Wildman–Crippen MR) is 134 cm³/mol. The van der Waals surface area contributed by atoms with Crippen LogP contribution in [0.3, 0.4) is 0 Å². The number of phosphoric ester groups is 1. The molecule has 15 heteroatoms. The van der Waals surface area contributed by atoms with Crippen molar-refractivity contribution in [3.05, 3.63) is 59.0 Å². The van der Waals surface area contributed by atoms with E-state index in [1.54, 1.807) is 12.1 Å². The lowest BCUT2D eigenvalue weighted by atomic mass is 10.1. The highest BCUT2D eigenvalue weighted by Gasteiger charge is 2.42. The summed E-state index contributed by atoms with van der Waals surface area (Å²) in [6.07, 6.45) is -1.72. The number of amides is 1. The Kier molecular flexibility index (Phi) is 5.46. The zero-order valence-corrected chi connectivity index (χ0v) is 22.0. The van der Waals surface area contributed by atoms with Crippen molar-refractivity contribution in [1.82, 2.24) is 15.0 Å². The Morgan fingerprint density at radius 2 is 1.82 bits per heavy atom. The molecule has 1 aliphatic rings. The summed E-state index contributed by atoms with van der Waals surface area (Å²) < 4.78 is 124. The fraction of sp³-hybridized carbons (Fsp3) is 0.360. The minimum Gasteiger partial charge on any atom is -0.790 e. The maximum atomic E-state index is 15.2. The normalized spacial score (nSPS) is 18.3. The van der Waals surface area contributed by atoms with Gasteiger partial charge in [-0.1, -0.05) is 0 Å². The molecule has 3 heterocycles. The van der Waals surface area contributed by atoms with Crippen molar-refractivity contribution in [2.75, 3.05) is 33.0 Å². The Morgan fingerprint density at radius 1 is 1.12 bits per heavy atom. The van der Waals surface area contributed by atoms with E-state index in [4.69, 9.17) is 31.3 Å². The van der Waals surface area contributed by atoms with E-state index >= 15 is 4.39 Å². The van der Waals surface area contributed by atoms with Crippen molar-refractivity contribution >= 4 is 19.5 Å². The van der Waals surface area contributed by atoms with Gasteiger partial charge < -0.3 is 37.8 Å². The van der Waals surface area contributed by atoms with Crippen LogP contribution in [0.2, 0.25) is 0 Å². The van der Waals surface area contributed by atoms with Gasteiger partial charge in [-0.15, -0.1) is 0 Å². The lowest BCUT2D eigenvalue weighted by Crippen LogP contribution is -2.53. The number of carbonyl (C=O) groups is 1. The van der Waals surface area contributed by atoms with Crippen LogP contribution in [0.4, 0.5) is 10.2 Å². The molecule has 0 fully saturated rings. The first kappa shape index (κ1) is 19.3. The summed E-state index contributed by atoms with van der Waals surface area (Å²) in [5.41, 5.74) is -4.32. The third-order valence-electron chi connectivity index (χ3n) is 5.39. The van der Waals surface area contributed by atoms with Crippen LogP contribution in [0.15, 0.2) is 30.4 Å². The quantitative estimate of drug-likeness (QED) is 0.315. The van der Waals surface area contributed by atoms with Crippen LogP contribution in [0.25, 0.3) is 0 Å². The number of halogens is 1. The van der Waals surface area contributed by atoms with Crippen LogP contribution in [-0.4, -0.2) is 54.5 Å². The molecule has 1 aromatic carbocycles. The number of methoxy groups -OCH3 is 3. The molecule has 2 aromatic heterocycles. The number of nitrogens with zero attached hydrogens (tertiary/aromatic N) is 4. The topological polar surface area (TPSA) is 168 Å². The Balaban J connectivity index is 1.84. The average molecular weight is 586 g/mol. The average Bonchev–Trinajstić information content (AvgIpc) is 2.99. The van der Waals surface area contributed by atoms with E-state index in [9.17, 15) is 19.1 Å². The van der Waals surface area contributed by atoms with Crippen LogP contribution in [0.1, 0.15) is 48.8 Å². The first-order chi connectivity index (χ1) is 22.6. The summed E-state index contributed by atoms with van der Waals surface area (Å²) in [5.74, 6) is -4.40. The molecular weight excluding hydrogens is 550 g/mol. The van der Waals surface area contributed by atoms with Gasteiger partial charge in [0.05, 0.1) is 45.1 Å². The molecule has 0 spiro atoms. The molecule has 0 saturated heterocycles. The van der Waals surface area contributed by atoms with E-state index in [1.807, 2.05) is 0 Å². The molecule has 13 nitrogen and oxygen atoms in total. The molecule has 0 saturated carbocycles. The van der Waals surface area contributed by atoms with Crippen molar-refractivity contribution in [3.8, 4) is 23.0 Å². The van der Waals surface area contributed by atoms with Gasteiger partial charge in [-0.2, -0.15) is 0 Å². The van der Waals surface area contributed by atoms with E-state index in [-0.39, 0.29) is 34.4 Å². The van der Waals surface area contributed by atoms with E-state index < -0.39 is 93.2 Å². The van der Waals surface area contributed by atoms with Crippen LogP contribution in [0.5, 0.6) is 23.0 Å². The minimum absolute atomic E-state index is 0.0587. The number of benzene rings is 1. The summed E-state index contributed by atoms with van der Waals surface area (Å²) in [6.45, 7) is -9.17. The number of rotatable bonds is 10. The molecule has 0 bridgehead atoms. The van der Waals surface area contributed by atoms with Gasteiger partial charge >= 0.3 is 0 Å². The van der Waals surface area contributed by atoms with Gasteiger partial charge in [0.25, 0.3) is 5.91 Å². The van der Waals surface area contributed by atoms with Gasteiger partial charge in [0.15, 0.2) is 34.5 Å². The minimum atomic E-state index is -5.88. The number of ether oxygens (including phenoxy) is 4. The number of hydrogen-bond acceptors (Lipinski definition) is 12. The van der Waals surface area contributed by atoms with Crippen molar-refractivity contribution in [2.24, 2.45) is 0 Å². The van der Waals surface area contributed by atoms with Gasteiger partial charge in [0.2, 0.25) is 5.75 Å². The van der Waals surface area contributed by atoms with Gasteiger partial charge in [0.1, 0.15) is 12.6 Å². The van der Waals surface area contributed by atoms with Gasteiger partial charge in [0, 0.05) is 26.8 Å². The van der Waals surface area contributed by atoms with Crippen LogP contribution < -0.4 is 33.6 Å². The maximum absolute atomic E-state index is 15.2. The Labute approximate surface area is 241 Å². The van der Waals surface area contributed by atoms with Crippen LogP contribution in [0, 0.1) is 5.82 Å². The Hall–Kier alpha value is -3.84. The van der Waals surface area contributed by atoms with Crippen molar-refractivity contribution in [1.29, 1.82) is 0 Å².